The topological polar surface area (TPSA) is 93.1 Å². The fraction of sp³-hybridized carbons (Fsp3) is 0.533. The molecule has 0 aliphatic rings. The minimum absolute atomic E-state index is 0.0929. The number of nitrogens with zero attached hydrogens (tertiary/aromatic N) is 1. The third-order valence-electron chi connectivity index (χ3n) is 3.57. The smallest absolute Gasteiger partial charge is 0.320 e. The second-order valence-corrected chi connectivity index (χ2v) is 8.70. The van der Waals surface area contributed by atoms with Crippen LogP contribution in [0.15, 0.2) is 6.07 Å². The van der Waals surface area contributed by atoms with Crippen molar-refractivity contribution in [2.75, 3.05) is 17.3 Å². The molecule has 0 bridgehead atoms. The molecule has 1 aromatic carbocycles. The first-order valence-electron chi connectivity index (χ1n) is 7.34. The number of carbonyl (C=O) groups is 1. The lowest BCUT2D eigenvalue weighted by atomic mass is 9.81. The number of hydrogen-bond donors (Lipinski definition) is 1. The highest BCUT2D eigenvalue weighted by molar-refractivity contribution is 7.93. The van der Waals surface area contributed by atoms with Gasteiger partial charge in [-0.05, 0) is 36.5 Å². The summed E-state index contributed by atoms with van der Waals surface area (Å²) in [5.41, 5.74) is 2.29. The number of anilines is 1. The third-order valence-corrected chi connectivity index (χ3v) is 5.67. The van der Waals surface area contributed by atoms with E-state index in [-0.39, 0.29) is 15.9 Å². The van der Waals surface area contributed by atoms with Gasteiger partial charge in [-0.25, -0.2) is 8.42 Å². The third kappa shape index (κ3) is 4.08. The first-order chi connectivity index (χ1) is 10.9. The molecule has 0 saturated carbocycles. The minimum atomic E-state index is -4.14. The molecular formula is C15H25NO6SSi. The molecule has 1 N–H and O–H groups in total. The van der Waals surface area contributed by atoms with Gasteiger partial charge in [0.15, 0.2) is 16.2 Å². The van der Waals surface area contributed by atoms with Crippen LogP contribution in [-0.4, -0.2) is 42.8 Å². The van der Waals surface area contributed by atoms with E-state index in [1.165, 1.54) is 0 Å². The number of benzene rings is 1. The van der Waals surface area contributed by atoms with Crippen LogP contribution in [0.25, 0.3) is 0 Å². The summed E-state index contributed by atoms with van der Waals surface area (Å²) in [4.78, 5) is 10.9. The molecule has 136 valence electrons. The number of ether oxygens (including phenoxy) is 1. The molecule has 9 heteroatoms. The van der Waals surface area contributed by atoms with E-state index in [0.717, 1.165) is 15.6 Å². The number of aliphatic carboxylic acids is 1. The van der Waals surface area contributed by atoms with Crippen LogP contribution in [-0.2, 0) is 24.8 Å². The number of hydrogen-bond acceptors (Lipinski definition) is 5. The van der Waals surface area contributed by atoms with Crippen LogP contribution in [0, 0.1) is 13.8 Å². The molecule has 1 aromatic rings. The summed E-state index contributed by atoms with van der Waals surface area (Å²) in [6.07, 6.45) is 0. The number of carboxylic acids is 1. The largest absolute Gasteiger partial charge is 0.496 e. The van der Waals surface area contributed by atoms with Gasteiger partial charge in [-0.2, -0.15) is 4.47 Å². The van der Waals surface area contributed by atoms with E-state index in [4.69, 9.17) is 14.4 Å². The van der Waals surface area contributed by atoms with E-state index >= 15 is 0 Å². The molecule has 1 rings (SSSR count). The normalized spacial score (nSPS) is 12.2. The fourth-order valence-electron chi connectivity index (χ4n) is 2.81. The van der Waals surface area contributed by atoms with E-state index < -0.39 is 21.7 Å². The van der Waals surface area contributed by atoms with Crippen molar-refractivity contribution < 1.29 is 27.6 Å². The van der Waals surface area contributed by atoms with Gasteiger partial charge < -0.3 is 14.4 Å². The molecular weight excluding hydrogens is 350 g/mol. The maximum absolute atomic E-state index is 12.4. The molecule has 0 saturated heterocycles. The van der Waals surface area contributed by atoms with Crippen molar-refractivity contribution in [1.82, 2.24) is 0 Å². The molecule has 0 fully saturated rings. The quantitative estimate of drug-likeness (QED) is 0.590. The standard InChI is InChI=1S/C15H25NO6SSi/c1-9-7-11(16(22-24)23(19,20)8-12(17)18)10(2)13(14(9)21-6)15(3,4)5/h7H,8H2,1-6,24H3,(H,17,18). The summed E-state index contributed by atoms with van der Waals surface area (Å²) < 4.78 is 36.1. The molecule has 0 amide bonds. The molecule has 0 aromatic heterocycles. The average Bonchev–Trinajstić information content (AvgIpc) is 2.39. The Labute approximate surface area is 146 Å². The Morgan fingerprint density at radius 1 is 1.33 bits per heavy atom. The van der Waals surface area contributed by atoms with E-state index in [1.807, 2.05) is 27.7 Å². The molecule has 0 aliphatic heterocycles. The number of rotatable bonds is 6. The minimum Gasteiger partial charge on any atom is -0.496 e. The van der Waals surface area contributed by atoms with Crippen molar-refractivity contribution in [3.8, 4) is 5.75 Å². The van der Waals surface area contributed by atoms with Crippen LogP contribution in [0.1, 0.15) is 37.5 Å². The zero-order valence-corrected chi connectivity index (χ0v) is 17.9. The predicted octanol–water partition coefficient (Wildman–Crippen LogP) is 1.04. The lowest BCUT2D eigenvalue weighted by Crippen LogP contribution is -2.36. The summed E-state index contributed by atoms with van der Waals surface area (Å²) in [5, 5.41) is 8.86. The molecule has 24 heavy (non-hydrogen) atoms. The second kappa shape index (κ2) is 7.12. The Bertz CT molecular complexity index is 739. The van der Waals surface area contributed by atoms with Gasteiger partial charge in [0, 0.05) is 5.56 Å². The molecule has 0 heterocycles. The van der Waals surface area contributed by atoms with Crippen molar-refractivity contribution >= 4 is 32.2 Å². The lowest BCUT2D eigenvalue weighted by molar-refractivity contribution is -0.134. The van der Waals surface area contributed by atoms with Crippen molar-refractivity contribution in [3.05, 3.63) is 22.8 Å². The first-order valence-corrected chi connectivity index (χ1v) is 9.77. The SMILES string of the molecule is COc1c(C)cc(N(O[SiH3])S(=O)(=O)CC(=O)O)c(C)c1C(C)(C)C. The first kappa shape index (κ1) is 20.5. The highest BCUT2D eigenvalue weighted by Gasteiger charge is 2.31. The molecule has 0 atom stereocenters. The Balaban J connectivity index is 3.71. The number of sulfonamides is 1. The van der Waals surface area contributed by atoms with Crippen LogP contribution >= 0.6 is 0 Å². The summed E-state index contributed by atoms with van der Waals surface area (Å²) in [7, 11) is -2.48. The monoisotopic (exact) mass is 375 g/mol. The van der Waals surface area contributed by atoms with Crippen molar-refractivity contribution in [3.63, 3.8) is 0 Å². The molecule has 0 radical (unpaired) electrons. The molecule has 0 aliphatic carbocycles. The molecule has 0 spiro atoms. The van der Waals surface area contributed by atoms with Crippen molar-refractivity contribution in [1.29, 1.82) is 0 Å². The van der Waals surface area contributed by atoms with Gasteiger partial charge in [0.2, 0.25) is 0 Å². The lowest BCUT2D eigenvalue weighted by Gasteiger charge is -2.30. The van der Waals surface area contributed by atoms with Crippen molar-refractivity contribution in [2.24, 2.45) is 0 Å². The van der Waals surface area contributed by atoms with Gasteiger partial charge in [-0.1, -0.05) is 20.8 Å². The van der Waals surface area contributed by atoms with Crippen LogP contribution in [0.2, 0.25) is 0 Å². The highest BCUT2D eigenvalue weighted by atomic mass is 32.2. The zero-order chi connectivity index (χ0) is 18.9. The summed E-state index contributed by atoms with van der Waals surface area (Å²) >= 11 is 0. The summed E-state index contributed by atoms with van der Waals surface area (Å²) in [5.74, 6) is -1.78. The van der Waals surface area contributed by atoms with Gasteiger partial charge in [-0.15, -0.1) is 0 Å². The zero-order valence-electron chi connectivity index (χ0n) is 15.1. The van der Waals surface area contributed by atoms with Gasteiger partial charge >= 0.3 is 5.97 Å². The Hall–Kier alpha value is -1.58. The summed E-state index contributed by atoms with van der Waals surface area (Å²) in [6, 6.07) is 1.64. The Morgan fingerprint density at radius 3 is 2.25 bits per heavy atom. The van der Waals surface area contributed by atoms with Gasteiger partial charge in [0.25, 0.3) is 10.0 Å². The van der Waals surface area contributed by atoms with Gasteiger partial charge in [0.1, 0.15) is 5.75 Å². The maximum atomic E-state index is 12.4. The van der Waals surface area contributed by atoms with Crippen LogP contribution < -0.4 is 9.21 Å². The Morgan fingerprint density at radius 2 is 1.88 bits per heavy atom. The van der Waals surface area contributed by atoms with E-state index in [9.17, 15) is 13.2 Å². The number of aryl methyl sites for hydroxylation is 1. The van der Waals surface area contributed by atoms with E-state index in [2.05, 4.69) is 0 Å². The fourth-order valence-corrected chi connectivity index (χ4v) is 4.83. The van der Waals surface area contributed by atoms with E-state index in [1.54, 1.807) is 20.1 Å². The summed E-state index contributed by atoms with van der Waals surface area (Å²) in [6.45, 7) is 9.59. The Kier molecular flexibility index (Phi) is 6.07. The number of carboxylic acid groups (broad SMARTS) is 1. The number of methoxy groups -OCH3 is 1. The van der Waals surface area contributed by atoms with Crippen molar-refractivity contribution in [2.45, 2.75) is 40.0 Å². The predicted molar refractivity (Wildman–Crippen MR) is 96.1 cm³/mol. The van der Waals surface area contributed by atoms with Gasteiger partial charge in [0.05, 0.1) is 12.8 Å². The van der Waals surface area contributed by atoms with E-state index in [0.29, 0.717) is 17.0 Å². The van der Waals surface area contributed by atoms with Crippen LogP contribution in [0.5, 0.6) is 5.75 Å². The molecule has 0 unspecified atom stereocenters. The highest BCUT2D eigenvalue weighted by Crippen LogP contribution is 2.41. The van der Waals surface area contributed by atoms with Crippen LogP contribution in [0.3, 0.4) is 0 Å². The maximum Gasteiger partial charge on any atom is 0.320 e. The average molecular weight is 376 g/mol. The molecule has 7 nitrogen and oxygen atoms in total. The van der Waals surface area contributed by atoms with Crippen LogP contribution in [0.4, 0.5) is 5.69 Å². The second-order valence-electron chi connectivity index (χ2n) is 6.56. The van der Waals surface area contributed by atoms with Gasteiger partial charge in [-0.3, -0.25) is 4.79 Å².